The summed E-state index contributed by atoms with van der Waals surface area (Å²) in [6, 6.07) is 16.3. The number of alkyl carbamates (subject to hydrolysis) is 1. The van der Waals surface area contributed by atoms with Crippen molar-refractivity contribution in [3.8, 4) is 11.1 Å². The quantitative estimate of drug-likeness (QED) is 0.600. The van der Waals surface area contributed by atoms with Gasteiger partial charge in [-0.05, 0) is 28.7 Å². The molecule has 0 fully saturated rings. The Hall–Kier alpha value is -3.65. The Labute approximate surface area is 191 Å². The Morgan fingerprint density at radius 1 is 1.03 bits per heavy atom. The minimum absolute atomic E-state index is 0.00254. The van der Waals surface area contributed by atoms with Gasteiger partial charge in [-0.25, -0.2) is 9.59 Å². The highest BCUT2D eigenvalue weighted by Gasteiger charge is 2.29. The molecule has 2 aliphatic rings. The van der Waals surface area contributed by atoms with E-state index in [9.17, 15) is 14.4 Å². The fraction of sp³-hybridized carbons (Fsp3) is 0.320. The molecule has 2 amide bonds. The number of rotatable bonds is 8. The number of ether oxygens (including phenoxy) is 2. The number of hydrogen-bond donors (Lipinski definition) is 2. The molecule has 0 saturated carbocycles. The number of nitrogens with one attached hydrogen (secondary N) is 1. The van der Waals surface area contributed by atoms with Gasteiger partial charge in [0.2, 0.25) is 5.91 Å². The van der Waals surface area contributed by atoms with Crippen LogP contribution in [-0.2, 0) is 19.1 Å². The van der Waals surface area contributed by atoms with Gasteiger partial charge in [0.15, 0.2) is 0 Å². The first-order valence-electron chi connectivity index (χ1n) is 10.9. The second kappa shape index (κ2) is 10.3. The summed E-state index contributed by atoms with van der Waals surface area (Å²) in [5.74, 6) is -1.16. The van der Waals surface area contributed by atoms with Crippen molar-refractivity contribution >= 4 is 18.0 Å². The predicted octanol–water partition coefficient (Wildman–Crippen LogP) is 2.79. The maximum Gasteiger partial charge on any atom is 0.407 e. The highest BCUT2D eigenvalue weighted by Crippen LogP contribution is 2.44. The standard InChI is InChI=1S/C25H26N2O6/c28-23(27-12-9-17(10-13-27)24(29)30)16-32-14-11-26-25(31)33-15-22-20-7-3-1-5-18(20)19-6-2-4-8-21(19)22/h1-9,22H,10-16H2,(H,26,31)(H,29,30). The Balaban J connectivity index is 1.16. The normalized spacial score (nSPS) is 14.8. The number of nitrogens with zero attached hydrogens (tertiary/aromatic N) is 1. The van der Waals surface area contributed by atoms with Gasteiger partial charge < -0.3 is 24.8 Å². The molecule has 4 rings (SSSR count). The van der Waals surface area contributed by atoms with Crippen molar-refractivity contribution in [3.63, 3.8) is 0 Å². The van der Waals surface area contributed by atoms with Crippen molar-refractivity contribution in [1.29, 1.82) is 0 Å². The van der Waals surface area contributed by atoms with Gasteiger partial charge in [0.25, 0.3) is 0 Å². The van der Waals surface area contributed by atoms with Gasteiger partial charge in [0.05, 0.1) is 6.61 Å². The van der Waals surface area contributed by atoms with Crippen LogP contribution in [0.1, 0.15) is 23.5 Å². The lowest BCUT2D eigenvalue weighted by Gasteiger charge is -2.25. The van der Waals surface area contributed by atoms with Crippen molar-refractivity contribution in [2.75, 3.05) is 39.5 Å². The van der Waals surface area contributed by atoms with Crippen molar-refractivity contribution in [3.05, 3.63) is 71.3 Å². The predicted molar refractivity (Wildman–Crippen MR) is 121 cm³/mol. The van der Waals surface area contributed by atoms with Gasteiger partial charge in [-0.15, -0.1) is 0 Å². The molecule has 0 spiro atoms. The fourth-order valence-corrected chi connectivity index (χ4v) is 4.22. The summed E-state index contributed by atoms with van der Waals surface area (Å²) in [6.07, 6.45) is 1.33. The first kappa shape index (κ1) is 22.5. The van der Waals surface area contributed by atoms with E-state index in [0.717, 1.165) is 11.1 Å². The molecule has 0 aromatic heterocycles. The van der Waals surface area contributed by atoms with Gasteiger partial charge in [-0.3, -0.25) is 4.79 Å². The first-order chi connectivity index (χ1) is 16.0. The van der Waals surface area contributed by atoms with Crippen molar-refractivity contribution < 1.29 is 29.0 Å². The van der Waals surface area contributed by atoms with Gasteiger partial charge in [-0.1, -0.05) is 54.6 Å². The molecule has 33 heavy (non-hydrogen) atoms. The molecule has 1 heterocycles. The molecule has 172 valence electrons. The van der Waals surface area contributed by atoms with E-state index < -0.39 is 12.1 Å². The molecule has 0 bridgehead atoms. The number of carbonyl (C=O) groups is 3. The summed E-state index contributed by atoms with van der Waals surface area (Å²) in [7, 11) is 0. The third kappa shape index (κ3) is 5.23. The molecular weight excluding hydrogens is 424 g/mol. The van der Waals surface area contributed by atoms with E-state index in [1.807, 2.05) is 24.3 Å². The van der Waals surface area contributed by atoms with E-state index in [1.165, 1.54) is 11.1 Å². The lowest BCUT2D eigenvalue weighted by Crippen LogP contribution is -2.38. The SMILES string of the molecule is O=C(NCCOCC(=O)N1CC=C(C(=O)O)CC1)OCC1c2ccccc2-c2ccccc21. The third-order valence-electron chi connectivity index (χ3n) is 5.92. The minimum Gasteiger partial charge on any atom is -0.478 e. The zero-order valence-corrected chi connectivity index (χ0v) is 18.2. The summed E-state index contributed by atoms with van der Waals surface area (Å²) >= 11 is 0. The number of aliphatic carboxylic acids is 1. The van der Waals surface area contributed by atoms with Crippen LogP contribution in [-0.4, -0.2) is 67.4 Å². The Morgan fingerprint density at radius 2 is 1.70 bits per heavy atom. The largest absolute Gasteiger partial charge is 0.478 e. The van der Waals surface area contributed by atoms with E-state index in [4.69, 9.17) is 14.6 Å². The molecule has 0 atom stereocenters. The lowest BCUT2D eigenvalue weighted by molar-refractivity contribution is -0.137. The molecule has 1 aliphatic carbocycles. The van der Waals surface area contributed by atoms with Crippen LogP contribution in [0.5, 0.6) is 0 Å². The van der Waals surface area contributed by atoms with Crippen LogP contribution in [0.15, 0.2) is 60.2 Å². The number of fused-ring (bicyclic) bond motifs is 3. The van der Waals surface area contributed by atoms with Crippen LogP contribution in [0.4, 0.5) is 4.79 Å². The maximum atomic E-state index is 12.1. The second-order valence-corrected chi connectivity index (χ2v) is 7.93. The van der Waals surface area contributed by atoms with E-state index in [1.54, 1.807) is 11.0 Å². The number of carbonyl (C=O) groups excluding carboxylic acids is 2. The van der Waals surface area contributed by atoms with E-state index in [-0.39, 0.29) is 44.7 Å². The molecule has 2 aromatic carbocycles. The molecule has 2 N–H and O–H groups in total. The lowest BCUT2D eigenvalue weighted by atomic mass is 9.98. The molecule has 0 radical (unpaired) electrons. The molecular formula is C25H26N2O6. The van der Waals surface area contributed by atoms with Crippen molar-refractivity contribution in [2.45, 2.75) is 12.3 Å². The van der Waals surface area contributed by atoms with Crippen LogP contribution < -0.4 is 5.32 Å². The Kier molecular flexibility index (Phi) is 7.04. The maximum absolute atomic E-state index is 12.1. The van der Waals surface area contributed by atoms with Crippen molar-refractivity contribution in [2.24, 2.45) is 0 Å². The summed E-state index contributed by atoms with van der Waals surface area (Å²) in [4.78, 5) is 36.7. The average molecular weight is 450 g/mol. The van der Waals surface area contributed by atoms with Crippen LogP contribution >= 0.6 is 0 Å². The van der Waals surface area contributed by atoms with Crippen LogP contribution in [0, 0.1) is 0 Å². The van der Waals surface area contributed by atoms with Gasteiger partial charge in [0, 0.05) is 31.1 Å². The second-order valence-electron chi connectivity index (χ2n) is 7.93. The number of amides is 2. The molecule has 8 heteroatoms. The van der Waals surface area contributed by atoms with E-state index in [0.29, 0.717) is 18.5 Å². The fourth-order valence-electron chi connectivity index (χ4n) is 4.22. The summed E-state index contributed by atoms with van der Waals surface area (Å²) in [5, 5.41) is 11.6. The highest BCUT2D eigenvalue weighted by molar-refractivity contribution is 5.87. The van der Waals surface area contributed by atoms with Gasteiger partial charge >= 0.3 is 12.1 Å². The molecule has 2 aromatic rings. The minimum atomic E-state index is -0.947. The van der Waals surface area contributed by atoms with Gasteiger partial charge in [0.1, 0.15) is 13.2 Å². The average Bonchev–Trinajstić information content (AvgIpc) is 3.16. The molecule has 0 unspecified atom stereocenters. The molecule has 0 saturated heterocycles. The number of carboxylic acids is 1. The zero-order valence-electron chi connectivity index (χ0n) is 18.2. The Bertz CT molecular complexity index is 1030. The van der Waals surface area contributed by atoms with Crippen LogP contribution in [0.25, 0.3) is 11.1 Å². The number of benzene rings is 2. The monoisotopic (exact) mass is 450 g/mol. The molecule has 8 nitrogen and oxygen atoms in total. The molecule has 1 aliphatic heterocycles. The number of carboxylic acid groups (broad SMARTS) is 1. The smallest absolute Gasteiger partial charge is 0.407 e. The summed E-state index contributed by atoms with van der Waals surface area (Å²) in [6.45, 7) is 1.12. The third-order valence-corrected chi connectivity index (χ3v) is 5.92. The highest BCUT2D eigenvalue weighted by atomic mass is 16.5. The zero-order chi connectivity index (χ0) is 23.2. The summed E-state index contributed by atoms with van der Waals surface area (Å²) < 4.78 is 10.8. The van der Waals surface area contributed by atoms with Crippen LogP contribution in [0.3, 0.4) is 0 Å². The topological polar surface area (TPSA) is 105 Å². The summed E-state index contributed by atoms with van der Waals surface area (Å²) in [5.41, 5.74) is 4.96. The van der Waals surface area contributed by atoms with Gasteiger partial charge in [-0.2, -0.15) is 0 Å². The van der Waals surface area contributed by atoms with E-state index >= 15 is 0 Å². The first-order valence-corrected chi connectivity index (χ1v) is 10.9. The van der Waals surface area contributed by atoms with E-state index in [2.05, 4.69) is 29.6 Å². The number of hydrogen-bond acceptors (Lipinski definition) is 5. The Morgan fingerprint density at radius 3 is 2.30 bits per heavy atom. The van der Waals surface area contributed by atoms with Crippen LogP contribution in [0.2, 0.25) is 0 Å². The van der Waals surface area contributed by atoms with Crippen molar-refractivity contribution in [1.82, 2.24) is 10.2 Å².